The zero-order valence-electron chi connectivity index (χ0n) is 19.2. The van der Waals surface area contributed by atoms with Gasteiger partial charge in [0.25, 0.3) is 5.89 Å². The highest BCUT2D eigenvalue weighted by Gasteiger charge is 2.30. The Bertz CT molecular complexity index is 1200. The summed E-state index contributed by atoms with van der Waals surface area (Å²) in [4.78, 5) is 4.29. The minimum Gasteiger partial charge on any atom is -0.419 e. The highest BCUT2D eigenvalue weighted by Crippen LogP contribution is 2.41. The number of benzene rings is 1. The molecule has 3 aromatic rings. The fourth-order valence-corrected chi connectivity index (χ4v) is 5.46. The van der Waals surface area contributed by atoms with E-state index in [1.807, 2.05) is 13.0 Å². The monoisotopic (exact) mass is 521 g/mol. The molecule has 0 radical (unpaired) electrons. The van der Waals surface area contributed by atoms with E-state index in [-0.39, 0.29) is 23.6 Å². The number of nitrogens with one attached hydrogen (secondary N) is 1. The number of aliphatic hydroxyl groups is 1. The molecule has 4 heterocycles. The lowest BCUT2D eigenvalue weighted by atomic mass is 9.97. The maximum atomic E-state index is 14.2. The predicted molar refractivity (Wildman–Crippen MR) is 131 cm³/mol. The molecule has 1 aromatic carbocycles. The fourth-order valence-electron chi connectivity index (χ4n) is 4.78. The number of piperidine rings is 1. The van der Waals surface area contributed by atoms with Crippen LogP contribution in [-0.4, -0.2) is 69.7 Å². The molecule has 2 aliphatic heterocycles. The molecule has 0 bridgehead atoms. The van der Waals surface area contributed by atoms with Gasteiger partial charge in [0.2, 0.25) is 5.89 Å². The smallest absolute Gasteiger partial charge is 0.268 e. The summed E-state index contributed by atoms with van der Waals surface area (Å²) in [5, 5.41) is 29.9. The van der Waals surface area contributed by atoms with E-state index in [9.17, 15) is 4.39 Å². The first-order chi connectivity index (χ1) is 17.0. The Hall–Kier alpha value is -2.53. The summed E-state index contributed by atoms with van der Waals surface area (Å²) in [5.74, 6) is 1.15. The van der Waals surface area contributed by atoms with Crippen LogP contribution in [0.25, 0.3) is 11.6 Å². The van der Waals surface area contributed by atoms with Gasteiger partial charge in [-0.15, -0.1) is 20.4 Å². The number of likely N-dealkylation sites (tertiary alicyclic amines) is 1. The molecule has 1 atom stereocenters. The minimum absolute atomic E-state index is 0.0129. The summed E-state index contributed by atoms with van der Waals surface area (Å²) in [5.41, 5.74) is 1.74. The number of hydrogen-bond donors (Lipinski definition) is 2. The molecule has 2 aliphatic rings. The Morgan fingerprint density at radius 2 is 1.97 bits per heavy atom. The molecule has 12 heteroatoms. The summed E-state index contributed by atoms with van der Waals surface area (Å²) < 4.78 is 20.2. The number of aromatic nitrogens is 4. The van der Waals surface area contributed by atoms with Crippen LogP contribution in [-0.2, 0) is 0 Å². The van der Waals surface area contributed by atoms with Gasteiger partial charge in [-0.05, 0) is 51.1 Å². The molecular weight excluding hydrogens is 496 g/mol. The zero-order chi connectivity index (χ0) is 24.5. The number of halogens is 3. The second-order valence-electron chi connectivity index (χ2n) is 8.80. The van der Waals surface area contributed by atoms with Crippen molar-refractivity contribution in [1.29, 1.82) is 0 Å². The Morgan fingerprint density at radius 1 is 1.17 bits per heavy atom. The van der Waals surface area contributed by atoms with E-state index in [2.05, 4.69) is 35.5 Å². The summed E-state index contributed by atoms with van der Waals surface area (Å²) in [6.45, 7) is 5.79. The average Bonchev–Trinajstić information content (AvgIpc) is 3.37. The third kappa shape index (κ3) is 4.80. The van der Waals surface area contributed by atoms with Crippen molar-refractivity contribution in [3.8, 4) is 11.6 Å². The van der Waals surface area contributed by atoms with Crippen LogP contribution in [0.3, 0.4) is 0 Å². The molecular formula is C23H26Cl2FN7O2. The lowest BCUT2D eigenvalue weighted by Crippen LogP contribution is -2.37. The van der Waals surface area contributed by atoms with Gasteiger partial charge in [0.15, 0.2) is 11.5 Å². The molecule has 9 nitrogen and oxygen atoms in total. The van der Waals surface area contributed by atoms with Gasteiger partial charge in [-0.2, -0.15) is 0 Å². The number of aliphatic hydroxyl groups excluding tert-OH is 1. The first kappa shape index (κ1) is 24.2. The quantitative estimate of drug-likeness (QED) is 0.463. The Kier molecular flexibility index (Phi) is 7.06. The van der Waals surface area contributed by atoms with Crippen LogP contribution in [0.15, 0.2) is 22.6 Å². The van der Waals surface area contributed by atoms with Crippen LogP contribution in [0.2, 0.25) is 10.0 Å². The van der Waals surface area contributed by atoms with E-state index in [0.29, 0.717) is 53.5 Å². The van der Waals surface area contributed by atoms with Crippen LogP contribution >= 0.6 is 23.2 Å². The van der Waals surface area contributed by atoms with Crippen molar-refractivity contribution < 1.29 is 13.9 Å². The second-order valence-corrected chi connectivity index (χ2v) is 9.59. The molecule has 1 unspecified atom stereocenters. The van der Waals surface area contributed by atoms with Crippen molar-refractivity contribution in [2.75, 3.05) is 49.5 Å². The van der Waals surface area contributed by atoms with Gasteiger partial charge in [-0.25, -0.2) is 4.39 Å². The predicted octanol–water partition coefficient (Wildman–Crippen LogP) is 4.14. The number of hydrogen-bond acceptors (Lipinski definition) is 9. The van der Waals surface area contributed by atoms with Crippen LogP contribution in [0, 0.1) is 5.82 Å². The van der Waals surface area contributed by atoms with E-state index < -0.39 is 5.82 Å². The van der Waals surface area contributed by atoms with Crippen LogP contribution in [0.5, 0.6) is 0 Å². The second kappa shape index (κ2) is 10.2. The Morgan fingerprint density at radius 3 is 2.74 bits per heavy atom. The number of anilines is 2. The minimum atomic E-state index is -0.512. The van der Waals surface area contributed by atoms with E-state index >= 15 is 0 Å². The van der Waals surface area contributed by atoms with E-state index in [4.69, 9.17) is 32.7 Å². The average molecular weight is 522 g/mol. The SMILES string of the molecule is CC(c1c(Cl)ccc(F)c1Cl)N1CCNc2nnc(-c3nnc(C4CCN(CCO)CC4)o3)cc21. The van der Waals surface area contributed by atoms with Crippen molar-refractivity contribution in [2.45, 2.75) is 31.7 Å². The molecule has 2 aromatic heterocycles. The van der Waals surface area contributed by atoms with Crippen LogP contribution in [0.4, 0.5) is 15.9 Å². The zero-order valence-corrected chi connectivity index (χ0v) is 20.7. The lowest BCUT2D eigenvalue weighted by molar-refractivity contribution is 0.158. The maximum absolute atomic E-state index is 14.2. The molecule has 186 valence electrons. The molecule has 0 saturated carbocycles. The van der Waals surface area contributed by atoms with Crippen molar-refractivity contribution >= 4 is 34.7 Å². The van der Waals surface area contributed by atoms with Gasteiger partial charge in [0.05, 0.1) is 23.4 Å². The third-order valence-corrected chi connectivity index (χ3v) is 7.42. The van der Waals surface area contributed by atoms with Gasteiger partial charge < -0.3 is 24.6 Å². The first-order valence-electron chi connectivity index (χ1n) is 11.6. The van der Waals surface area contributed by atoms with Gasteiger partial charge in [-0.3, -0.25) is 0 Å². The first-order valence-corrected chi connectivity index (χ1v) is 12.4. The van der Waals surface area contributed by atoms with Gasteiger partial charge in [0, 0.05) is 36.1 Å². The summed E-state index contributed by atoms with van der Waals surface area (Å²) in [6, 6.07) is 4.31. The standard InChI is InChI=1S/C23H26Cl2FN7O2/c1-13(19-15(24)2-3-16(26)20(19)25)33-9-6-27-21-18(33)12-17(28-29-21)23-31-30-22(35-23)14-4-7-32(8-5-14)10-11-34/h2-3,12-14,34H,4-11H2,1H3,(H,27,29). The fraction of sp³-hybridized carbons (Fsp3) is 0.478. The van der Waals surface area contributed by atoms with Crippen LogP contribution in [0.1, 0.15) is 43.2 Å². The van der Waals surface area contributed by atoms with E-state index in [1.54, 1.807) is 0 Å². The number of rotatable bonds is 6. The maximum Gasteiger partial charge on any atom is 0.268 e. The largest absolute Gasteiger partial charge is 0.419 e. The van der Waals surface area contributed by atoms with Gasteiger partial charge in [0.1, 0.15) is 5.82 Å². The summed E-state index contributed by atoms with van der Waals surface area (Å²) >= 11 is 12.7. The summed E-state index contributed by atoms with van der Waals surface area (Å²) in [7, 11) is 0. The molecule has 0 amide bonds. The van der Waals surface area contributed by atoms with Crippen molar-refractivity contribution in [3.63, 3.8) is 0 Å². The molecule has 0 spiro atoms. The highest BCUT2D eigenvalue weighted by atomic mass is 35.5. The topological polar surface area (TPSA) is 103 Å². The normalized spacial score (nSPS) is 17.8. The Balaban J connectivity index is 1.40. The molecule has 2 N–H and O–H groups in total. The van der Waals surface area contributed by atoms with Crippen LogP contribution < -0.4 is 10.2 Å². The molecule has 5 rings (SSSR count). The lowest BCUT2D eigenvalue weighted by Gasteiger charge is -2.36. The van der Waals surface area contributed by atoms with Gasteiger partial charge in [-0.1, -0.05) is 23.2 Å². The number of β-amino-alcohol motifs (C(OH)–C–C–N with tert-alkyl or cyclic N) is 1. The van der Waals surface area contributed by atoms with Crippen molar-refractivity contribution in [1.82, 2.24) is 25.3 Å². The van der Waals surface area contributed by atoms with Gasteiger partial charge >= 0.3 is 0 Å². The molecule has 35 heavy (non-hydrogen) atoms. The molecule has 1 saturated heterocycles. The van der Waals surface area contributed by atoms with E-state index in [1.165, 1.54) is 12.1 Å². The third-order valence-electron chi connectivity index (χ3n) is 6.71. The summed E-state index contributed by atoms with van der Waals surface area (Å²) in [6.07, 6.45) is 1.78. The Labute approximate surface area is 212 Å². The number of nitrogens with zero attached hydrogens (tertiary/aromatic N) is 6. The number of fused-ring (bicyclic) bond motifs is 1. The van der Waals surface area contributed by atoms with Crippen molar-refractivity contribution in [2.24, 2.45) is 0 Å². The highest BCUT2D eigenvalue weighted by molar-refractivity contribution is 6.36. The molecule has 0 aliphatic carbocycles. The van der Waals surface area contributed by atoms with E-state index in [0.717, 1.165) is 31.6 Å². The molecule has 1 fully saturated rings. The van der Waals surface area contributed by atoms with Crippen molar-refractivity contribution in [3.05, 3.63) is 45.5 Å².